The van der Waals surface area contributed by atoms with Crippen molar-refractivity contribution in [2.24, 2.45) is 0 Å². The zero-order valence-electron chi connectivity index (χ0n) is 7.49. The van der Waals surface area contributed by atoms with Gasteiger partial charge in [0.1, 0.15) is 0 Å². The number of hydrogen-bond acceptors (Lipinski definition) is 3. The van der Waals surface area contributed by atoms with Crippen LogP contribution in [0.1, 0.15) is 11.1 Å². The second-order valence-corrected chi connectivity index (χ2v) is 3.56. The maximum atomic E-state index is 11.3. The summed E-state index contributed by atoms with van der Waals surface area (Å²) < 4.78 is 0. The van der Waals surface area contributed by atoms with Crippen LogP contribution < -0.4 is 5.48 Å². The Balaban J connectivity index is 2.13. The summed E-state index contributed by atoms with van der Waals surface area (Å²) in [6.07, 6.45) is 2.74. The van der Waals surface area contributed by atoms with E-state index in [2.05, 4.69) is 11.5 Å². The number of carbonyl (C=O) groups excluding carboxylic acids is 1. The van der Waals surface area contributed by atoms with Gasteiger partial charge in [0, 0.05) is 0 Å². The first-order chi connectivity index (χ1) is 6.84. The summed E-state index contributed by atoms with van der Waals surface area (Å²) >= 11 is 0. The quantitative estimate of drug-likeness (QED) is 0.660. The van der Waals surface area contributed by atoms with Gasteiger partial charge in [-0.05, 0) is 23.6 Å². The molecule has 0 amide bonds. The molecular weight excluding hydrogens is 178 g/mol. The van der Waals surface area contributed by atoms with Crippen LogP contribution >= 0.6 is 0 Å². The van der Waals surface area contributed by atoms with Crippen molar-refractivity contribution in [3.63, 3.8) is 0 Å². The van der Waals surface area contributed by atoms with Crippen molar-refractivity contribution in [2.75, 3.05) is 0 Å². The van der Waals surface area contributed by atoms with Crippen LogP contribution in [-0.4, -0.2) is 12.0 Å². The zero-order chi connectivity index (χ0) is 9.54. The molecule has 0 spiro atoms. The normalized spacial score (nSPS) is 23.6. The fourth-order valence-corrected chi connectivity index (χ4v) is 1.95. The minimum atomic E-state index is -0.246. The molecule has 1 N–H and O–H groups in total. The molecule has 14 heavy (non-hydrogen) atoms. The molecule has 0 radical (unpaired) electrons. The van der Waals surface area contributed by atoms with Crippen molar-refractivity contribution >= 4 is 12.0 Å². The molecule has 1 atom stereocenters. The van der Waals surface area contributed by atoms with Gasteiger partial charge in [0.15, 0.2) is 0 Å². The van der Waals surface area contributed by atoms with Gasteiger partial charge in [0.05, 0.1) is 11.6 Å². The Morgan fingerprint density at radius 2 is 2.21 bits per heavy atom. The third kappa shape index (κ3) is 0.992. The van der Waals surface area contributed by atoms with E-state index in [4.69, 9.17) is 4.84 Å². The lowest BCUT2D eigenvalue weighted by Crippen LogP contribution is -2.26. The van der Waals surface area contributed by atoms with Crippen molar-refractivity contribution in [1.82, 2.24) is 5.48 Å². The monoisotopic (exact) mass is 187 g/mol. The van der Waals surface area contributed by atoms with Gasteiger partial charge in [0.25, 0.3) is 0 Å². The van der Waals surface area contributed by atoms with E-state index in [1.54, 1.807) is 0 Å². The van der Waals surface area contributed by atoms with Crippen LogP contribution in [0.2, 0.25) is 0 Å². The minimum absolute atomic E-state index is 0.0393. The molecule has 1 heterocycles. The van der Waals surface area contributed by atoms with Gasteiger partial charge in [-0.3, -0.25) is 0 Å². The summed E-state index contributed by atoms with van der Waals surface area (Å²) in [4.78, 5) is 16.0. The summed E-state index contributed by atoms with van der Waals surface area (Å²) in [6, 6.07) is 8.12. The number of fused-ring (bicyclic) bond motifs is 2. The van der Waals surface area contributed by atoms with Crippen molar-refractivity contribution in [2.45, 2.75) is 12.5 Å². The predicted octanol–water partition coefficient (Wildman–Crippen LogP) is 1.06. The van der Waals surface area contributed by atoms with Gasteiger partial charge in [-0.2, -0.15) is 0 Å². The van der Waals surface area contributed by atoms with Gasteiger partial charge >= 0.3 is 5.97 Å². The van der Waals surface area contributed by atoms with E-state index < -0.39 is 0 Å². The summed E-state index contributed by atoms with van der Waals surface area (Å²) in [6.45, 7) is 0. The van der Waals surface area contributed by atoms with E-state index in [1.807, 2.05) is 24.3 Å². The number of rotatable bonds is 0. The lowest BCUT2D eigenvalue weighted by Gasteiger charge is -2.16. The Morgan fingerprint density at radius 3 is 3.14 bits per heavy atom. The largest absolute Gasteiger partial charge is 0.366 e. The van der Waals surface area contributed by atoms with Crippen LogP contribution in [0.5, 0.6) is 0 Å². The third-order valence-corrected chi connectivity index (χ3v) is 2.70. The van der Waals surface area contributed by atoms with Crippen molar-refractivity contribution in [1.29, 1.82) is 0 Å². The van der Waals surface area contributed by atoms with Crippen molar-refractivity contribution in [3.8, 4) is 0 Å². The minimum Gasteiger partial charge on any atom is -0.366 e. The molecule has 1 aromatic carbocycles. The van der Waals surface area contributed by atoms with E-state index in [9.17, 15) is 4.79 Å². The highest BCUT2D eigenvalue weighted by Crippen LogP contribution is 2.27. The van der Waals surface area contributed by atoms with E-state index in [-0.39, 0.29) is 12.0 Å². The second kappa shape index (κ2) is 2.69. The van der Waals surface area contributed by atoms with E-state index in [0.29, 0.717) is 0 Å². The second-order valence-electron chi connectivity index (χ2n) is 3.56. The summed E-state index contributed by atoms with van der Waals surface area (Å²) in [5.74, 6) is -0.246. The lowest BCUT2D eigenvalue weighted by molar-refractivity contribution is -0.140. The summed E-state index contributed by atoms with van der Waals surface area (Å²) in [5, 5.41) is 0. The van der Waals surface area contributed by atoms with E-state index in [0.717, 1.165) is 17.6 Å². The first-order valence-electron chi connectivity index (χ1n) is 4.61. The van der Waals surface area contributed by atoms with Crippen LogP contribution in [0.25, 0.3) is 6.08 Å². The Bertz CT molecular complexity index is 437. The fourth-order valence-electron chi connectivity index (χ4n) is 1.95. The highest BCUT2D eigenvalue weighted by Gasteiger charge is 2.33. The zero-order valence-corrected chi connectivity index (χ0v) is 7.49. The predicted molar refractivity (Wildman–Crippen MR) is 51.1 cm³/mol. The molecule has 1 aromatic rings. The first-order valence-corrected chi connectivity index (χ1v) is 4.61. The maximum absolute atomic E-state index is 11.3. The Hall–Kier alpha value is -1.61. The molecule has 1 fully saturated rings. The molecular formula is C11H9NO2. The van der Waals surface area contributed by atoms with Crippen LogP contribution in [0.15, 0.2) is 29.8 Å². The van der Waals surface area contributed by atoms with Gasteiger partial charge in [0.2, 0.25) is 0 Å². The Morgan fingerprint density at radius 1 is 1.36 bits per heavy atom. The lowest BCUT2D eigenvalue weighted by atomic mass is 9.89. The Kier molecular flexibility index (Phi) is 1.49. The van der Waals surface area contributed by atoms with Gasteiger partial charge < -0.3 is 4.84 Å². The third-order valence-electron chi connectivity index (χ3n) is 2.70. The molecule has 3 heteroatoms. The number of benzene rings is 1. The first kappa shape index (κ1) is 7.76. The molecule has 1 aliphatic carbocycles. The average Bonchev–Trinajstić information content (AvgIpc) is 2.57. The fraction of sp³-hybridized carbons (Fsp3) is 0.182. The molecule has 1 aliphatic heterocycles. The van der Waals surface area contributed by atoms with Crippen LogP contribution in [-0.2, 0) is 16.1 Å². The van der Waals surface area contributed by atoms with E-state index >= 15 is 0 Å². The standard InChI is InChI=1S/C11H9NO2/c13-11-9-5-7-3-1-2-4-8(7)6-10(9)12-14-11/h1-5,10,12H,6H2. The average molecular weight is 187 g/mol. The molecule has 0 bridgehead atoms. The van der Waals surface area contributed by atoms with Crippen LogP contribution in [0, 0.1) is 0 Å². The highest BCUT2D eigenvalue weighted by atomic mass is 16.7. The molecule has 3 nitrogen and oxygen atoms in total. The van der Waals surface area contributed by atoms with Gasteiger partial charge in [-0.25, -0.2) is 4.79 Å². The molecule has 1 saturated heterocycles. The number of hydrogen-bond donors (Lipinski definition) is 1. The smallest absolute Gasteiger partial charge is 0.354 e. The highest BCUT2D eigenvalue weighted by molar-refractivity contribution is 5.97. The summed E-state index contributed by atoms with van der Waals surface area (Å²) in [7, 11) is 0. The molecule has 0 saturated carbocycles. The topological polar surface area (TPSA) is 38.3 Å². The molecule has 1 unspecified atom stereocenters. The van der Waals surface area contributed by atoms with Gasteiger partial charge in [-0.1, -0.05) is 24.3 Å². The maximum Gasteiger partial charge on any atom is 0.354 e. The van der Waals surface area contributed by atoms with Crippen molar-refractivity contribution in [3.05, 3.63) is 41.0 Å². The number of hydroxylamine groups is 1. The molecule has 70 valence electrons. The molecule has 0 aromatic heterocycles. The number of nitrogens with one attached hydrogen (secondary N) is 1. The summed E-state index contributed by atoms with van der Waals surface area (Å²) in [5.41, 5.74) is 5.85. The SMILES string of the molecule is O=C1ONC2Cc3ccccc3C=C12. The van der Waals surface area contributed by atoms with Crippen LogP contribution in [0.4, 0.5) is 0 Å². The van der Waals surface area contributed by atoms with Crippen LogP contribution in [0.3, 0.4) is 0 Å². The number of carbonyl (C=O) groups is 1. The van der Waals surface area contributed by atoms with Crippen molar-refractivity contribution < 1.29 is 9.63 Å². The van der Waals surface area contributed by atoms with Gasteiger partial charge in [-0.15, -0.1) is 5.48 Å². The van der Waals surface area contributed by atoms with E-state index in [1.165, 1.54) is 5.56 Å². The molecule has 3 rings (SSSR count). The Labute approximate surface area is 81.3 Å². The molecule has 2 aliphatic rings.